The van der Waals surface area contributed by atoms with Gasteiger partial charge in [-0.2, -0.15) is 4.98 Å². The fourth-order valence-corrected chi connectivity index (χ4v) is 4.80. The lowest BCUT2D eigenvalue weighted by molar-refractivity contribution is 0.248. The van der Waals surface area contributed by atoms with Crippen LogP contribution in [0.25, 0.3) is 16.7 Å². The van der Waals surface area contributed by atoms with Crippen molar-refractivity contribution in [3.05, 3.63) is 74.7 Å². The highest BCUT2D eigenvalue weighted by Gasteiger charge is 2.17. The van der Waals surface area contributed by atoms with Crippen molar-refractivity contribution in [2.24, 2.45) is 0 Å². The Kier molecular flexibility index (Phi) is 6.62. The lowest BCUT2D eigenvalue weighted by Crippen LogP contribution is -2.36. The zero-order valence-electron chi connectivity index (χ0n) is 18.9. The Morgan fingerprint density at radius 1 is 1.08 bits per heavy atom. The highest BCUT2D eigenvalue weighted by molar-refractivity contribution is 6.37. The molecular weight excluding hydrogens is 503 g/mol. The van der Waals surface area contributed by atoms with E-state index in [0.29, 0.717) is 16.8 Å². The van der Waals surface area contributed by atoms with E-state index in [4.69, 9.17) is 28.6 Å². The molecule has 0 radical (unpaired) electrons. The first-order valence-corrected chi connectivity index (χ1v) is 12.1. The first-order chi connectivity index (χ1) is 17.4. The van der Waals surface area contributed by atoms with E-state index in [9.17, 15) is 9.59 Å². The van der Waals surface area contributed by atoms with Crippen molar-refractivity contribution >= 4 is 57.6 Å². The number of anilines is 3. The van der Waals surface area contributed by atoms with Crippen LogP contribution in [0, 0.1) is 5.41 Å². The van der Waals surface area contributed by atoms with Crippen LogP contribution < -0.4 is 27.1 Å². The molecule has 10 nitrogen and oxygen atoms in total. The summed E-state index contributed by atoms with van der Waals surface area (Å²) < 4.78 is 1.08. The minimum absolute atomic E-state index is 0.158. The predicted molar refractivity (Wildman–Crippen MR) is 139 cm³/mol. The molecule has 184 valence electrons. The summed E-state index contributed by atoms with van der Waals surface area (Å²) in [5, 5.41) is 18.2. The Morgan fingerprint density at radius 3 is 2.53 bits per heavy atom. The highest BCUT2D eigenvalue weighted by Crippen LogP contribution is 2.26. The number of aromatic nitrogens is 4. The summed E-state index contributed by atoms with van der Waals surface area (Å²) in [6.07, 6.45) is 5.71. The molecule has 5 N–H and O–H groups in total. The zero-order valence-corrected chi connectivity index (χ0v) is 20.5. The van der Waals surface area contributed by atoms with Gasteiger partial charge in [0.25, 0.3) is 0 Å². The van der Waals surface area contributed by atoms with E-state index in [1.807, 2.05) is 0 Å². The van der Waals surface area contributed by atoms with E-state index in [2.05, 4.69) is 30.9 Å². The number of para-hydroxylation sites is 1. The number of carbonyl (C=O) groups is 1. The third kappa shape index (κ3) is 4.91. The van der Waals surface area contributed by atoms with Crippen LogP contribution in [0.2, 0.25) is 10.0 Å². The molecule has 1 aliphatic rings. The second-order valence-corrected chi connectivity index (χ2v) is 9.24. The highest BCUT2D eigenvalue weighted by atomic mass is 35.5. The monoisotopic (exact) mass is 524 g/mol. The summed E-state index contributed by atoms with van der Waals surface area (Å²) in [5.41, 5.74) is 0.845. The Balaban J connectivity index is 1.39. The van der Waals surface area contributed by atoms with E-state index >= 15 is 0 Å². The standard InChI is InChI=1S/C24H22Cl2N8O2/c25-17-9-4-10-18(26)19(17)34-20(27)16-12-28-22(32-21(16)33-24(34)36)29-14-7-3-8-15(11-14)31-23(35)30-13-5-1-2-6-13/h3-4,7-13,27H,1-2,5-6H2,(H2,30,31,35)(H2,28,29,32,33,36). The van der Waals surface area contributed by atoms with Gasteiger partial charge < -0.3 is 16.0 Å². The van der Waals surface area contributed by atoms with Gasteiger partial charge in [0.05, 0.1) is 21.1 Å². The average Bonchev–Trinajstić information content (AvgIpc) is 3.34. The van der Waals surface area contributed by atoms with Crippen LogP contribution in [0.4, 0.5) is 22.1 Å². The number of amides is 2. The van der Waals surface area contributed by atoms with Crippen LogP contribution in [0.15, 0.2) is 53.5 Å². The Bertz CT molecular complexity index is 1560. The number of nitrogens with zero attached hydrogens (tertiary/aromatic N) is 3. The number of carbonyl (C=O) groups excluding carboxylic acids is 1. The summed E-state index contributed by atoms with van der Waals surface area (Å²) in [6.45, 7) is 0. The molecular formula is C24H22Cl2N8O2. The zero-order chi connectivity index (χ0) is 25.2. The van der Waals surface area contributed by atoms with E-state index in [1.165, 1.54) is 6.20 Å². The number of benzene rings is 2. The molecule has 0 bridgehead atoms. The molecule has 1 aliphatic carbocycles. The number of fused-ring (bicyclic) bond motifs is 1. The molecule has 2 aromatic heterocycles. The fraction of sp³-hybridized carbons (Fsp3) is 0.208. The van der Waals surface area contributed by atoms with Gasteiger partial charge in [0, 0.05) is 23.6 Å². The normalized spacial score (nSPS) is 13.6. The van der Waals surface area contributed by atoms with Crippen molar-refractivity contribution in [3.8, 4) is 5.69 Å². The molecule has 2 aromatic carbocycles. The third-order valence-electron chi connectivity index (χ3n) is 5.92. The van der Waals surface area contributed by atoms with Gasteiger partial charge in [-0.15, -0.1) is 0 Å². The molecule has 1 fully saturated rings. The third-order valence-corrected chi connectivity index (χ3v) is 6.53. The van der Waals surface area contributed by atoms with Gasteiger partial charge in [-0.3, -0.25) is 10.4 Å². The first kappa shape index (κ1) is 23.8. The first-order valence-electron chi connectivity index (χ1n) is 11.3. The van der Waals surface area contributed by atoms with Crippen molar-refractivity contribution < 1.29 is 4.79 Å². The second kappa shape index (κ2) is 10.00. The molecule has 0 unspecified atom stereocenters. The van der Waals surface area contributed by atoms with Gasteiger partial charge in [-0.05, 0) is 43.2 Å². The SMILES string of the molecule is N=c1c2cnc(Nc3cccc(NC(=O)NC4CCCC4)c3)nc2[nH]c(=O)n1-c1c(Cl)cccc1Cl. The van der Waals surface area contributed by atoms with Crippen molar-refractivity contribution in [3.63, 3.8) is 0 Å². The van der Waals surface area contributed by atoms with Crippen molar-refractivity contribution in [2.75, 3.05) is 10.6 Å². The smallest absolute Gasteiger partial charge is 0.333 e. The van der Waals surface area contributed by atoms with Crippen molar-refractivity contribution in [1.82, 2.24) is 24.8 Å². The molecule has 2 heterocycles. The summed E-state index contributed by atoms with van der Waals surface area (Å²) in [4.78, 5) is 36.4. The molecule has 0 spiro atoms. The van der Waals surface area contributed by atoms with E-state index in [1.54, 1.807) is 42.5 Å². The van der Waals surface area contributed by atoms with Gasteiger partial charge in [-0.25, -0.2) is 19.1 Å². The van der Waals surface area contributed by atoms with Gasteiger partial charge in [0.1, 0.15) is 5.49 Å². The summed E-state index contributed by atoms with van der Waals surface area (Å²) >= 11 is 12.5. The fourth-order valence-electron chi connectivity index (χ4n) is 4.23. The second-order valence-electron chi connectivity index (χ2n) is 8.43. The van der Waals surface area contributed by atoms with Gasteiger partial charge in [-0.1, -0.05) is 48.2 Å². The Labute approximate surface area is 215 Å². The van der Waals surface area contributed by atoms with Crippen molar-refractivity contribution in [1.29, 1.82) is 5.41 Å². The largest absolute Gasteiger partial charge is 0.335 e. The van der Waals surface area contributed by atoms with Crippen LogP contribution in [-0.4, -0.2) is 31.6 Å². The molecule has 4 aromatic rings. The summed E-state index contributed by atoms with van der Waals surface area (Å²) in [7, 11) is 0. The minimum Gasteiger partial charge on any atom is -0.335 e. The molecule has 12 heteroatoms. The van der Waals surface area contributed by atoms with Gasteiger partial charge in [0.15, 0.2) is 5.65 Å². The predicted octanol–water partition coefficient (Wildman–Crippen LogP) is 4.70. The number of hydrogen-bond donors (Lipinski definition) is 5. The number of halogens is 2. The lowest BCUT2D eigenvalue weighted by Gasteiger charge is -2.14. The van der Waals surface area contributed by atoms with Crippen molar-refractivity contribution in [2.45, 2.75) is 31.7 Å². The maximum atomic E-state index is 12.8. The van der Waals surface area contributed by atoms with Crippen LogP contribution in [0.3, 0.4) is 0 Å². The molecule has 0 aliphatic heterocycles. The average molecular weight is 525 g/mol. The van der Waals surface area contributed by atoms with Crippen LogP contribution >= 0.6 is 23.2 Å². The topological polar surface area (TPSA) is 141 Å². The van der Waals surface area contributed by atoms with Crippen LogP contribution in [0.1, 0.15) is 25.7 Å². The molecule has 5 rings (SSSR count). The maximum Gasteiger partial charge on any atom is 0.333 e. The molecule has 0 atom stereocenters. The minimum atomic E-state index is -0.619. The van der Waals surface area contributed by atoms with Gasteiger partial charge in [0.2, 0.25) is 5.95 Å². The van der Waals surface area contributed by atoms with Crippen LogP contribution in [-0.2, 0) is 0 Å². The number of aromatic amines is 1. The maximum absolute atomic E-state index is 12.8. The molecule has 1 saturated carbocycles. The molecule has 2 amide bonds. The number of urea groups is 1. The Morgan fingerprint density at radius 2 is 1.78 bits per heavy atom. The summed E-state index contributed by atoms with van der Waals surface area (Å²) in [6, 6.07) is 11.9. The quantitative estimate of drug-likeness (QED) is 0.257. The number of nitrogens with one attached hydrogen (secondary N) is 5. The lowest BCUT2D eigenvalue weighted by atomic mass is 10.2. The summed E-state index contributed by atoms with van der Waals surface area (Å²) in [5.74, 6) is 0.207. The number of H-pyrrole nitrogens is 1. The number of rotatable bonds is 5. The van der Waals surface area contributed by atoms with Gasteiger partial charge >= 0.3 is 11.7 Å². The molecule has 0 saturated heterocycles. The van der Waals surface area contributed by atoms with E-state index in [-0.39, 0.29) is 44.9 Å². The Hall–Kier alpha value is -3.89. The van der Waals surface area contributed by atoms with Crippen LogP contribution in [0.5, 0.6) is 0 Å². The van der Waals surface area contributed by atoms with E-state index < -0.39 is 5.69 Å². The molecule has 36 heavy (non-hydrogen) atoms. The van der Waals surface area contributed by atoms with E-state index in [0.717, 1.165) is 30.3 Å². The number of hydrogen-bond acceptors (Lipinski definition) is 6.